The van der Waals surface area contributed by atoms with Gasteiger partial charge in [-0.3, -0.25) is 4.79 Å². The maximum Gasteiger partial charge on any atom is 0.258 e. The van der Waals surface area contributed by atoms with E-state index in [2.05, 4.69) is 5.32 Å². The summed E-state index contributed by atoms with van der Waals surface area (Å²) in [7, 11) is 0. The third-order valence-electron chi connectivity index (χ3n) is 3.23. The van der Waals surface area contributed by atoms with Crippen molar-refractivity contribution in [3.8, 4) is 5.75 Å². The predicted molar refractivity (Wildman–Crippen MR) is 79.7 cm³/mol. The van der Waals surface area contributed by atoms with Crippen molar-refractivity contribution in [2.75, 3.05) is 26.4 Å². The molecule has 5 nitrogen and oxygen atoms in total. The van der Waals surface area contributed by atoms with Crippen LogP contribution in [0.3, 0.4) is 0 Å². The van der Waals surface area contributed by atoms with Crippen molar-refractivity contribution in [1.82, 2.24) is 5.32 Å². The summed E-state index contributed by atoms with van der Waals surface area (Å²) >= 11 is 5.97. The van der Waals surface area contributed by atoms with Crippen LogP contribution in [0.1, 0.15) is 13.3 Å². The van der Waals surface area contributed by atoms with Crippen LogP contribution in [0.5, 0.6) is 5.75 Å². The maximum atomic E-state index is 12.0. The molecule has 6 heteroatoms. The summed E-state index contributed by atoms with van der Waals surface area (Å²) in [5, 5.41) is 3.42. The molecule has 1 fully saturated rings. The number of ether oxygens (including phenoxy) is 3. The summed E-state index contributed by atoms with van der Waals surface area (Å²) in [6.07, 6.45) is 0.635. The smallest absolute Gasteiger partial charge is 0.258 e. The monoisotopic (exact) mass is 313 g/mol. The lowest BCUT2D eigenvalue weighted by atomic mass is 10.1. The highest BCUT2D eigenvalue weighted by Gasteiger charge is 2.27. The van der Waals surface area contributed by atoms with Crippen LogP contribution < -0.4 is 10.1 Å². The lowest BCUT2D eigenvalue weighted by molar-refractivity contribution is -0.127. The summed E-state index contributed by atoms with van der Waals surface area (Å²) in [4.78, 5) is 12.0. The molecule has 0 aliphatic carbocycles. The van der Waals surface area contributed by atoms with E-state index in [9.17, 15) is 4.79 Å². The van der Waals surface area contributed by atoms with Crippen LogP contribution in [0.15, 0.2) is 24.3 Å². The molecule has 1 amide bonds. The van der Waals surface area contributed by atoms with Crippen LogP contribution in [-0.2, 0) is 14.3 Å². The Morgan fingerprint density at radius 3 is 3.05 bits per heavy atom. The Labute approximate surface area is 129 Å². The molecule has 1 aromatic rings. The second-order valence-electron chi connectivity index (χ2n) is 4.75. The summed E-state index contributed by atoms with van der Waals surface area (Å²) in [6, 6.07) is 7.03. The lowest BCUT2D eigenvalue weighted by Crippen LogP contribution is -2.51. The molecule has 1 heterocycles. The first-order valence-electron chi connectivity index (χ1n) is 7.06. The van der Waals surface area contributed by atoms with E-state index in [1.165, 1.54) is 0 Å². The van der Waals surface area contributed by atoms with Gasteiger partial charge in [0.05, 0.1) is 17.7 Å². The molecule has 2 atom stereocenters. The molecule has 1 saturated heterocycles. The first-order chi connectivity index (χ1) is 10.2. The van der Waals surface area contributed by atoms with Gasteiger partial charge in [-0.1, -0.05) is 23.7 Å². The van der Waals surface area contributed by atoms with Gasteiger partial charge in [-0.05, 0) is 25.5 Å². The topological polar surface area (TPSA) is 56.8 Å². The van der Waals surface area contributed by atoms with Crippen LogP contribution in [0, 0.1) is 0 Å². The Balaban J connectivity index is 1.82. The third kappa shape index (κ3) is 4.88. The van der Waals surface area contributed by atoms with Gasteiger partial charge in [-0.2, -0.15) is 0 Å². The van der Waals surface area contributed by atoms with Gasteiger partial charge in [0.25, 0.3) is 5.91 Å². The van der Waals surface area contributed by atoms with E-state index in [0.29, 0.717) is 30.6 Å². The summed E-state index contributed by atoms with van der Waals surface area (Å²) in [6.45, 7) is 3.58. The molecule has 2 rings (SSSR count). The van der Waals surface area contributed by atoms with Crippen molar-refractivity contribution >= 4 is 17.5 Å². The van der Waals surface area contributed by atoms with Gasteiger partial charge in [0.15, 0.2) is 6.61 Å². The van der Waals surface area contributed by atoms with E-state index in [1.807, 2.05) is 19.1 Å². The quantitative estimate of drug-likeness (QED) is 0.873. The Bertz CT molecular complexity index is 467. The highest BCUT2D eigenvalue weighted by atomic mass is 35.5. The Hall–Kier alpha value is -1.30. The number of amides is 1. The van der Waals surface area contributed by atoms with Gasteiger partial charge in [-0.15, -0.1) is 0 Å². The summed E-state index contributed by atoms with van der Waals surface area (Å²) in [5.41, 5.74) is 0. The van der Waals surface area contributed by atoms with Crippen LogP contribution in [0.4, 0.5) is 0 Å². The lowest BCUT2D eigenvalue weighted by Gasteiger charge is -2.31. The van der Waals surface area contributed by atoms with Crippen LogP contribution in [-0.4, -0.2) is 44.5 Å². The molecule has 1 aromatic carbocycles. The molecule has 0 radical (unpaired) electrons. The number of halogens is 1. The highest BCUT2D eigenvalue weighted by molar-refractivity contribution is 6.32. The van der Waals surface area contributed by atoms with Gasteiger partial charge in [0, 0.05) is 13.2 Å². The van der Waals surface area contributed by atoms with E-state index >= 15 is 0 Å². The Morgan fingerprint density at radius 1 is 1.48 bits per heavy atom. The molecule has 0 aromatic heterocycles. The standard InChI is InChI=1S/C15H20ClNO4/c1-2-20-14-9-19-8-7-12(14)17-15(18)10-21-13-6-4-3-5-11(13)16/h3-6,12,14H,2,7-10H2,1H3,(H,17,18)/t12-,14-/m1/s1. The number of carbonyl (C=O) groups is 1. The molecular formula is C15H20ClNO4. The zero-order valence-electron chi connectivity index (χ0n) is 12.0. The van der Waals surface area contributed by atoms with Crippen LogP contribution in [0.2, 0.25) is 5.02 Å². The molecule has 1 aliphatic rings. The number of nitrogens with one attached hydrogen (secondary N) is 1. The van der Waals surface area contributed by atoms with Gasteiger partial charge >= 0.3 is 0 Å². The highest BCUT2D eigenvalue weighted by Crippen LogP contribution is 2.22. The SMILES string of the molecule is CCO[C@@H]1COCC[C@H]1NC(=O)COc1ccccc1Cl. The first-order valence-corrected chi connectivity index (χ1v) is 7.44. The van der Waals surface area contributed by atoms with Gasteiger partial charge < -0.3 is 19.5 Å². The van der Waals surface area contributed by atoms with E-state index in [1.54, 1.807) is 12.1 Å². The average Bonchev–Trinajstić information content (AvgIpc) is 2.49. The van der Waals surface area contributed by atoms with Crippen molar-refractivity contribution in [2.24, 2.45) is 0 Å². The van der Waals surface area contributed by atoms with E-state index in [4.69, 9.17) is 25.8 Å². The van der Waals surface area contributed by atoms with Gasteiger partial charge in [0.1, 0.15) is 11.9 Å². The Morgan fingerprint density at radius 2 is 2.29 bits per heavy atom. The second kappa shape index (κ2) is 8.22. The van der Waals surface area contributed by atoms with Crippen molar-refractivity contribution < 1.29 is 19.0 Å². The molecule has 0 spiro atoms. The minimum absolute atomic E-state index is 0.0407. The van der Waals surface area contributed by atoms with Crippen molar-refractivity contribution in [2.45, 2.75) is 25.5 Å². The molecule has 116 valence electrons. The molecule has 1 aliphatic heterocycles. The van der Waals surface area contributed by atoms with E-state index in [-0.39, 0.29) is 24.7 Å². The minimum Gasteiger partial charge on any atom is -0.482 e. The van der Waals surface area contributed by atoms with Crippen LogP contribution >= 0.6 is 11.6 Å². The van der Waals surface area contributed by atoms with Crippen molar-refractivity contribution in [1.29, 1.82) is 0 Å². The summed E-state index contributed by atoms with van der Waals surface area (Å²) < 4.78 is 16.4. The van der Waals surface area contributed by atoms with E-state index < -0.39 is 0 Å². The van der Waals surface area contributed by atoms with Gasteiger partial charge in [0.2, 0.25) is 0 Å². The number of hydrogen-bond acceptors (Lipinski definition) is 4. The maximum absolute atomic E-state index is 12.0. The molecule has 0 unspecified atom stereocenters. The molecule has 1 N–H and O–H groups in total. The van der Waals surface area contributed by atoms with E-state index in [0.717, 1.165) is 6.42 Å². The molecule has 21 heavy (non-hydrogen) atoms. The third-order valence-corrected chi connectivity index (χ3v) is 3.54. The Kier molecular flexibility index (Phi) is 6.29. The fourth-order valence-electron chi connectivity index (χ4n) is 2.21. The van der Waals surface area contributed by atoms with Gasteiger partial charge in [-0.25, -0.2) is 0 Å². The molecule has 0 bridgehead atoms. The number of carbonyl (C=O) groups excluding carboxylic acids is 1. The minimum atomic E-state index is -0.188. The average molecular weight is 314 g/mol. The molecular weight excluding hydrogens is 294 g/mol. The van der Waals surface area contributed by atoms with Crippen LogP contribution in [0.25, 0.3) is 0 Å². The number of benzene rings is 1. The number of rotatable bonds is 6. The predicted octanol–water partition coefficient (Wildman–Crippen LogP) is 2.03. The fraction of sp³-hybridized carbons (Fsp3) is 0.533. The first kappa shape index (κ1) is 16.1. The summed E-state index contributed by atoms with van der Waals surface area (Å²) in [5.74, 6) is 0.314. The second-order valence-corrected chi connectivity index (χ2v) is 5.16. The van der Waals surface area contributed by atoms with Crippen molar-refractivity contribution in [3.63, 3.8) is 0 Å². The van der Waals surface area contributed by atoms with Crippen molar-refractivity contribution in [3.05, 3.63) is 29.3 Å². The molecule has 0 saturated carbocycles. The normalized spacial score (nSPS) is 21.8. The number of hydrogen-bond donors (Lipinski definition) is 1. The largest absolute Gasteiger partial charge is 0.482 e. The zero-order chi connectivity index (χ0) is 15.1. The fourth-order valence-corrected chi connectivity index (χ4v) is 2.40. The zero-order valence-corrected chi connectivity index (χ0v) is 12.8. The number of para-hydroxylation sites is 1.